The Morgan fingerprint density at radius 2 is 1.89 bits per heavy atom. The predicted molar refractivity (Wildman–Crippen MR) is 79.6 cm³/mol. The Morgan fingerprint density at radius 1 is 1.28 bits per heavy atom. The van der Waals surface area contributed by atoms with E-state index in [-0.39, 0.29) is 16.9 Å². The summed E-state index contributed by atoms with van der Waals surface area (Å²) < 4.78 is 14.9. The molecule has 1 aromatic rings. The van der Waals surface area contributed by atoms with Gasteiger partial charge in [-0.2, -0.15) is 0 Å². The van der Waals surface area contributed by atoms with Gasteiger partial charge < -0.3 is 5.32 Å². The summed E-state index contributed by atoms with van der Waals surface area (Å²) in [6.45, 7) is 7.12. The van der Waals surface area contributed by atoms with E-state index in [1.807, 2.05) is 19.1 Å². The van der Waals surface area contributed by atoms with Crippen molar-refractivity contribution in [3.05, 3.63) is 33.0 Å². The van der Waals surface area contributed by atoms with Crippen molar-refractivity contribution in [2.45, 2.75) is 39.7 Å². The van der Waals surface area contributed by atoms with Crippen LogP contribution in [0.4, 0.5) is 4.39 Å². The molecule has 0 saturated carbocycles. The lowest BCUT2D eigenvalue weighted by atomic mass is 9.88. The summed E-state index contributed by atoms with van der Waals surface area (Å²) in [5.74, 6) is 0.0978. The molecule has 0 amide bonds. The van der Waals surface area contributed by atoms with Gasteiger partial charge in [0.2, 0.25) is 0 Å². The lowest BCUT2D eigenvalue weighted by molar-refractivity contribution is 0.337. The van der Waals surface area contributed by atoms with Crippen molar-refractivity contribution < 1.29 is 4.39 Å². The lowest BCUT2D eigenvalue weighted by Crippen LogP contribution is -2.28. The quantitative estimate of drug-likeness (QED) is 0.692. The zero-order valence-electron chi connectivity index (χ0n) is 11.1. The highest BCUT2D eigenvalue weighted by Gasteiger charge is 2.24. The van der Waals surface area contributed by atoms with Crippen molar-refractivity contribution in [3.63, 3.8) is 0 Å². The van der Waals surface area contributed by atoms with Gasteiger partial charge >= 0.3 is 0 Å². The predicted octanol–water partition coefficient (Wildman–Crippen LogP) is 5.33. The largest absolute Gasteiger partial charge is 0.310 e. The third-order valence-corrected chi connectivity index (χ3v) is 4.60. The number of halogens is 3. The van der Waals surface area contributed by atoms with Crippen molar-refractivity contribution in [2.75, 3.05) is 6.54 Å². The molecule has 0 aromatic heterocycles. The molecule has 0 heterocycles. The van der Waals surface area contributed by atoms with Gasteiger partial charge in [-0.15, -0.1) is 0 Å². The summed E-state index contributed by atoms with van der Waals surface area (Å²) in [5, 5.41) is 3.54. The topological polar surface area (TPSA) is 12.0 Å². The Balaban J connectivity index is 3.17. The first-order valence-corrected chi connectivity index (χ1v) is 7.60. The van der Waals surface area contributed by atoms with E-state index in [1.165, 1.54) is 0 Å². The van der Waals surface area contributed by atoms with E-state index in [1.54, 1.807) is 0 Å². The Hall–Kier alpha value is -0.120. The van der Waals surface area contributed by atoms with Crippen LogP contribution in [0.5, 0.6) is 0 Å². The summed E-state index contributed by atoms with van der Waals surface area (Å²) in [5.41, 5.74) is 0.666. The van der Waals surface area contributed by atoms with Gasteiger partial charge in [-0.3, -0.25) is 0 Å². The van der Waals surface area contributed by atoms with Gasteiger partial charge in [0.1, 0.15) is 5.82 Å². The van der Waals surface area contributed by atoms with E-state index < -0.39 is 0 Å². The van der Waals surface area contributed by atoms with Crippen LogP contribution in [0.15, 0.2) is 16.6 Å². The van der Waals surface area contributed by atoms with Crippen molar-refractivity contribution in [3.8, 4) is 0 Å². The van der Waals surface area contributed by atoms with Crippen LogP contribution in [0.3, 0.4) is 0 Å². The standard InChI is InChI=1S/C14H20BrClFN/c1-4-9(5-2)14(18-6-3)10-7-8-11(15)12(16)13(10)17/h7-9,14,18H,4-6H2,1-3H3. The maximum atomic E-state index is 14.3. The second-order valence-electron chi connectivity index (χ2n) is 4.38. The van der Waals surface area contributed by atoms with Gasteiger partial charge in [-0.05, 0) is 34.5 Å². The molecule has 0 aliphatic rings. The minimum Gasteiger partial charge on any atom is -0.310 e. The van der Waals surface area contributed by atoms with Crippen molar-refractivity contribution in [1.82, 2.24) is 5.32 Å². The SMILES string of the molecule is CCNC(c1ccc(Br)c(Cl)c1F)C(CC)CC. The highest BCUT2D eigenvalue weighted by Crippen LogP contribution is 2.34. The average Bonchev–Trinajstić information content (AvgIpc) is 2.37. The molecule has 102 valence electrons. The fourth-order valence-corrected chi connectivity index (χ4v) is 2.77. The molecule has 1 nitrogen and oxygen atoms in total. The van der Waals surface area contributed by atoms with E-state index in [0.29, 0.717) is 16.0 Å². The fourth-order valence-electron chi connectivity index (χ4n) is 2.29. The number of benzene rings is 1. The van der Waals surface area contributed by atoms with Crippen molar-refractivity contribution in [2.24, 2.45) is 5.92 Å². The molecule has 0 saturated heterocycles. The first-order valence-electron chi connectivity index (χ1n) is 6.43. The van der Waals surface area contributed by atoms with Crippen LogP contribution in [0.25, 0.3) is 0 Å². The van der Waals surface area contributed by atoms with Crippen molar-refractivity contribution in [1.29, 1.82) is 0 Å². The van der Waals surface area contributed by atoms with Gasteiger partial charge in [-0.25, -0.2) is 4.39 Å². The zero-order chi connectivity index (χ0) is 13.7. The zero-order valence-corrected chi connectivity index (χ0v) is 13.4. The first-order chi connectivity index (χ1) is 8.56. The van der Waals surface area contributed by atoms with Gasteiger partial charge in [0.25, 0.3) is 0 Å². The van der Waals surface area contributed by atoms with Crippen LogP contribution < -0.4 is 5.32 Å². The van der Waals surface area contributed by atoms with Gasteiger partial charge in [0.05, 0.1) is 5.02 Å². The molecule has 0 aliphatic carbocycles. The molecule has 0 radical (unpaired) electrons. The molecule has 1 atom stereocenters. The van der Waals surface area contributed by atoms with Crippen LogP contribution in [0.1, 0.15) is 45.2 Å². The van der Waals surface area contributed by atoms with Gasteiger partial charge in [0.15, 0.2) is 0 Å². The Labute approximate surface area is 122 Å². The Kier molecular flexibility index (Phi) is 6.61. The number of nitrogens with one attached hydrogen (secondary N) is 1. The van der Waals surface area contributed by atoms with Crippen LogP contribution in [-0.4, -0.2) is 6.54 Å². The molecule has 4 heteroatoms. The molecule has 1 unspecified atom stereocenters. The smallest absolute Gasteiger partial charge is 0.147 e. The number of hydrogen-bond acceptors (Lipinski definition) is 1. The number of hydrogen-bond donors (Lipinski definition) is 1. The minimum atomic E-state index is -0.316. The molecular weight excluding hydrogens is 317 g/mol. The van der Waals surface area contributed by atoms with Crippen LogP contribution in [0, 0.1) is 11.7 Å². The fraction of sp³-hybridized carbons (Fsp3) is 0.571. The molecule has 1 N–H and O–H groups in total. The summed E-state index contributed by atoms with van der Waals surface area (Å²) >= 11 is 9.22. The highest BCUT2D eigenvalue weighted by atomic mass is 79.9. The normalized spacial score (nSPS) is 13.1. The van der Waals surface area contributed by atoms with E-state index in [2.05, 4.69) is 35.1 Å². The van der Waals surface area contributed by atoms with Gasteiger partial charge in [0, 0.05) is 16.1 Å². The maximum Gasteiger partial charge on any atom is 0.147 e. The molecular formula is C14H20BrClFN. The summed E-state index contributed by atoms with van der Waals surface area (Å²) in [4.78, 5) is 0. The molecule has 0 fully saturated rings. The lowest BCUT2D eigenvalue weighted by Gasteiger charge is -2.27. The average molecular weight is 337 g/mol. The molecule has 1 rings (SSSR count). The molecule has 1 aromatic carbocycles. The maximum absolute atomic E-state index is 14.3. The summed E-state index contributed by atoms with van der Waals surface area (Å²) in [7, 11) is 0. The Morgan fingerprint density at radius 3 is 2.39 bits per heavy atom. The molecule has 18 heavy (non-hydrogen) atoms. The summed E-state index contributed by atoms with van der Waals surface area (Å²) in [6, 6.07) is 3.65. The second kappa shape index (κ2) is 7.46. The first kappa shape index (κ1) is 15.9. The van der Waals surface area contributed by atoms with E-state index in [0.717, 1.165) is 19.4 Å². The molecule has 0 bridgehead atoms. The molecule has 0 spiro atoms. The van der Waals surface area contributed by atoms with Gasteiger partial charge in [-0.1, -0.05) is 51.3 Å². The molecule has 0 aliphatic heterocycles. The van der Waals surface area contributed by atoms with E-state index in [9.17, 15) is 4.39 Å². The number of rotatable bonds is 6. The van der Waals surface area contributed by atoms with E-state index in [4.69, 9.17) is 11.6 Å². The third kappa shape index (κ3) is 3.46. The van der Waals surface area contributed by atoms with Crippen LogP contribution in [-0.2, 0) is 0 Å². The van der Waals surface area contributed by atoms with Crippen LogP contribution >= 0.6 is 27.5 Å². The van der Waals surface area contributed by atoms with Crippen LogP contribution in [0.2, 0.25) is 5.02 Å². The monoisotopic (exact) mass is 335 g/mol. The summed E-state index contributed by atoms with van der Waals surface area (Å²) in [6.07, 6.45) is 2.03. The third-order valence-electron chi connectivity index (χ3n) is 3.34. The van der Waals surface area contributed by atoms with Crippen molar-refractivity contribution >= 4 is 27.5 Å². The highest BCUT2D eigenvalue weighted by molar-refractivity contribution is 9.10. The minimum absolute atomic E-state index is 0.0237. The second-order valence-corrected chi connectivity index (χ2v) is 5.61. The van der Waals surface area contributed by atoms with E-state index >= 15 is 0 Å². The Bertz CT molecular complexity index is 394.